The predicted molar refractivity (Wildman–Crippen MR) is 84.8 cm³/mol. The van der Waals surface area contributed by atoms with E-state index in [1.807, 2.05) is 12.1 Å². The smallest absolute Gasteiger partial charge is 0.127 e. The zero-order valence-electron chi connectivity index (χ0n) is 13.0. The highest BCUT2D eigenvalue weighted by Crippen LogP contribution is 2.30. The van der Waals surface area contributed by atoms with Gasteiger partial charge in [-0.15, -0.1) is 0 Å². The maximum Gasteiger partial charge on any atom is 0.127 e. The fraction of sp³-hybridized carbons (Fsp3) is 0.667. The van der Waals surface area contributed by atoms with E-state index in [-0.39, 0.29) is 11.9 Å². The number of benzene rings is 1. The van der Waals surface area contributed by atoms with Crippen molar-refractivity contribution in [2.45, 2.75) is 51.1 Å². The highest BCUT2D eigenvalue weighted by molar-refractivity contribution is 5.21. The molecule has 0 radical (unpaired) electrons. The second-order valence-electron chi connectivity index (χ2n) is 6.61. The molecule has 1 saturated heterocycles. The van der Waals surface area contributed by atoms with E-state index in [1.54, 1.807) is 12.1 Å². The van der Waals surface area contributed by atoms with Crippen LogP contribution in [0.15, 0.2) is 24.3 Å². The minimum Gasteiger partial charge on any atom is -0.314 e. The van der Waals surface area contributed by atoms with Crippen LogP contribution in [0.25, 0.3) is 0 Å². The lowest BCUT2D eigenvalue weighted by Crippen LogP contribution is -2.44. The third kappa shape index (κ3) is 3.83. The third-order valence-corrected chi connectivity index (χ3v) is 5.01. The first-order valence-corrected chi connectivity index (χ1v) is 8.49. The van der Waals surface area contributed by atoms with Gasteiger partial charge in [-0.05, 0) is 50.6 Å². The lowest BCUT2D eigenvalue weighted by molar-refractivity contribution is 0.137. The Labute approximate surface area is 127 Å². The second-order valence-corrected chi connectivity index (χ2v) is 6.61. The van der Waals surface area contributed by atoms with Gasteiger partial charge in [0, 0.05) is 30.7 Å². The number of nitrogens with zero attached hydrogens (tertiary/aromatic N) is 1. The van der Waals surface area contributed by atoms with Gasteiger partial charge < -0.3 is 5.32 Å². The van der Waals surface area contributed by atoms with Gasteiger partial charge in [-0.3, -0.25) is 4.90 Å². The maximum atomic E-state index is 14.0. The molecule has 1 unspecified atom stereocenters. The maximum absolute atomic E-state index is 14.0. The first-order chi connectivity index (χ1) is 10.3. The van der Waals surface area contributed by atoms with E-state index in [4.69, 9.17) is 0 Å². The first kappa shape index (κ1) is 15.0. The molecule has 1 atom stereocenters. The molecule has 1 aliphatic carbocycles. The number of piperidine rings is 1. The molecule has 1 heterocycles. The fourth-order valence-corrected chi connectivity index (χ4v) is 3.49. The van der Waals surface area contributed by atoms with Gasteiger partial charge in [-0.2, -0.15) is 0 Å². The molecule has 0 aromatic heterocycles. The summed E-state index contributed by atoms with van der Waals surface area (Å²) in [6.45, 7) is 5.52. The highest BCUT2D eigenvalue weighted by Gasteiger charge is 2.28. The van der Waals surface area contributed by atoms with Crippen LogP contribution in [-0.2, 0) is 0 Å². The van der Waals surface area contributed by atoms with Crippen LogP contribution in [0.2, 0.25) is 0 Å². The van der Waals surface area contributed by atoms with Gasteiger partial charge in [0.1, 0.15) is 5.82 Å². The topological polar surface area (TPSA) is 15.3 Å². The van der Waals surface area contributed by atoms with Crippen LogP contribution in [-0.4, -0.2) is 30.6 Å². The number of halogens is 1. The second kappa shape index (κ2) is 6.89. The Morgan fingerprint density at radius 3 is 2.52 bits per heavy atom. The van der Waals surface area contributed by atoms with Crippen molar-refractivity contribution in [3.05, 3.63) is 35.6 Å². The Morgan fingerprint density at radius 2 is 1.90 bits per heavy atom. The standard InChI is InChI=1S/C18H27FN2/c1-2-18(16-5-3-4-6-17(16)19)21-11-9-15(10-12-21)20-13-14-7-8-14/h3-6,14-15,18,20H,2,7-13H2,1H3. The molecule has 2 nitrogen and oxygen atoms in total. The number of hydrogen-bond donors (Lipinski definition) is 1. The summed E-state index contributed by atoms with van der Waals surface area (Å²) < 4.78 is 14.0. The molecule has 21 heavy (non-hydrogen) atoms. The van der Waals surface area contributed by atoms with Gasteiger partial charge >= 0.3 is 0 Å². The van der Waals surface area contributed by atoms with E-state index >= 15 is 0 Å². The summed E-state index contributed by atoms with van der Waals surface area (Å²) >= 11 is 0. The van der Waals surface area contributed by atoms with Crippen molar-refractivity contribution in [1.82, 2.24) is 10.2 Å². The van der Waals surface area contributed by atoms with Crippen LogP contribution in [0.4, 0.5) is 4.39 Å². The molecular weight excluding hydrogens is 263 g/mol. The number of hydrogen-bond acceptors (Lipinski definition) is 2. The summed E-state index contributed by atoms with van der Waals surface area (Å²) in [7, 11) is 0. The molecule has 1 N–H and O–H groups in total. The number of nitrogens with one attached hydrogen (secondary N) is 1. The van der Waals surface area contributed by atoms with Crippen LogP contribution in [0.1, 0.15) is 50.6 Å². The van der Waals surface area contributed by atoms with E-state index in [1.165, 1.54) is 32.2 Å². The van der Waals surface area contributed by atoms with Crippen molar-refractivity contribution in [3.63, 3.8) is 0 Å². The molecule has 0 bridgehead atoms. The minimum atomic E-state index is -0.0571. The normalized spacial score (nSPS) is 22.4. The summed E-state index contributed by atoms with van der Waals surface area (Å²) in [5, 5.41) is 3.71. The van der Waals surface area contributed by atoms with Crippen molar-refractivity contribution in [3.8, 4) is 0 Å². The van der Waals surface area contributed by atoms with Crippen molar-refractivity contribution in [2.24, 2.45) is 5.92 Å². The largest absolute Gasteiger partial charge is 0.314 e. The highest BCUT2D eigenvalue weighted by atomic mass is 19.1. The van der Waals surface area contributed by atoms with Gasteiger partial charge in [-0.25, -0.2) is 4.39 Å². The molecule has 3 heteroatoms. The summed E-state index contributed by atoms with van der Waals surface area (Å²) in [5.41, 5.74) is 0.865. The van der Waals surface area contributed by atoms with Crippen LogP contribution in [0.5, 0.6) is 0 Å². The molecule has 0 spiro atoms. The molecule has 116 valence electrons. The zero-order chi connectivity index (χ0) is 14.7. The Bertz CT molecular complexity index is 450. The van der Waals surface area contributed by atoms with E-state index in [0.717, 1.165) is 31.0 Å². The van der Waals surface area contributed by atoms with Crippen LogP contribution in [0, 0.1) is 11.7 Å². The quantitative estimate of drug-likeness (QED) is 0.858. The average molecular weight is 290 g/mol. The third-order valence-electron chi connectivity index (χ3n) is 5.01. The summed E-state index contributed by atoms with van der Waals surface area (Å²) in [6, 6.07) is 8.16. The average Bonchev–Trinajstić information content (AvgIpc) is 3.33. The van der Waals surface area contributed by atoms with E-state index in [0.29, 0.717) is 6.04 Å². The van der Waals surface area contributed by atoms with Gasteiger partial charge in [0.15, 0.2) is 0 Å². The van der Waals surface area contributed by atoms with Crippen LogP contribution < -0.4 is 5.32 Å². The Hall–Kier alpha value is -0.930. The lowest BCUT2D eigenvalue weighted by atomic mass is 9.97. The van der Waals surface area contributed by atoms with Crippen molar-refractivity contribution >= 4 is 0 Å². The molecule has 2 fully saturated rings. The molecule has 1 saturated carbocycles. The molecule has 2 aliphatic rings. The van der Waals surface area contributed by atoms with Gasteiger partial charge in [-0.1, -0.05) is 25.1 Å². The summed E-state index contributed by atoms with van der Waals surface area (Å²) in [5.74, 6) is 0.892. The lowest BCUT2D eigenvalue weighted by Gasteiger charge is -2.38. The number of likely N-dealkylation sites (tertiary alicyclic amines) is 1. The van der Waals surface area contributed by atoms with E-state index in [9.17, 15) is 4.39 Å². The minimum absolute atomic E-state index is 0.0571. The van der Waals surface area contributed by atoms with Gasteiger partial charge in [0.2, 0.25) is 0 Å². The molecule has 1 aromatic rings. The summed E-state index contributed by atoms with van der Waals surface area (Å²) in [6.07, 6.45) is 6.19. The van der Waals surface area contributed by atoms with Crippen molar-refractivity contribution in [1.29, 1.82) is 0 Å². The Morgan fingerprint density at radius 1 is 1.19 bits per heavy atom. The van der Waals surface area contributed by atoms with Gasteiger partial charge in [0.05, 0.1) is 0 Å². The predicted octanol–water partition coefficient (Wildman–Crippen LogP) is 3.74. The van der Waals surface area contributed by atoms with Gasteiger partial charge in [0.25, 0.3) is 0 Å². The van der Waals surface area contributed by atoms with Crippen molar-refractivity contribution in [2.75, 3.05) is 19.6 Å². The molecule has 1 aliphatic heterocycles. The van der Waals surface area contributed by atoms with E-state index < -0.39 is 0 Å². The molecular formula is C18H27FN2. The SMILES string of the molecule is CCC(c1ccccc1F)N1CCC(NCC2CC2)CC1. The number of rotatable bonds is 6. The molecule has 3 rings (SSSR count). The van der Waals surface area contributed by atoms with Crippen LogP contribution in [0.3, 0.4) is 0 Å². The Balaban J connectivity index is 1.55. The first-order valence-electron chi connectivity index (χ1n) is 8.49. The zero-order valence-corrected chi connectivity index (χ0v) is 13.0. The van der Waals surface area contributed by atoms with Crippen LogP contribution >= 0.6 is 0 Å². The fourth-order valence-electron chi connectivity index (χ4n) is 3.49. The molecule has 1 aromatic carbocycles. The van der Waals surface area contributed by atoms with E-state index in [2.05, 4.69) is 17.1 Å². The monoisotopic (exact) mass is 290 g/mol. The van der Waals surface area contributed by atoms with Crippen molar-refractivity contribution < 1.29 is 4.39 Å². The molecule has 0 amide bonds. The summed E-state index contributed by atoms with van der Waals surface area (Å²) in [4.78, 5) is 2.47. The Kier molecular flexibility index (Phi) is 4.91.